The first kappa shape index (κ1) is 19.3. The van der Waals surface area contributed by atoms with E-state index in [2.05, 4.69) is 0 Å². The predicted molar refractivity (Wildman–Crippen MR) is 90.1 cm³/mol. The molecule has 0 aromatic heterocycles. The molecule has 0 N–H and O–H groups in total. The summed E-state index contributed by atoms with van der Waals surface area (Å²) in [6.07, 6.45) is 3.34. The molecule has 2 spiro atoms. The minimum atomic E-state index is -3.49. The van der Waals surface area contributed by atoms with Gasteiger partial charge in [-0.15, -0.1) is 0 Å². The predicted octanol–water partition coefficient (Wildman–Crippen LogP) is 2.12. The number of alkyl halides is 2. The van der Waals surface area contributed by atoms with Gasteiger partial charge < -0.3 is 14.2 Å². The highest BCUT2D eigenvalue weighted by Gasteiger charge is 2.67. The van der Waals surface area contributed by atoms with Crippen LogP contribution in [-0.2, 0) is 38.7 Å². The molecule has 10 heteroatoms. The number of hydrogen-bond acceptors (Lipinski definition) is 7. The molecule has 0 radical (unpaired) electrons. The van der Waals surface area contributed by atoms with Crippen LogP contribution in [0.25, 0.3) is 0 Å². The Morgan fingerprint density at radius 1 is 1.04 bits per heavy atom. The van der Waals surface area contributed by atoms with Gasteiger partial charge in [-0.05, 0) is 38.0 Å². The summed E-state index contributed by atoms with van der Waals surface area (Å²) in [6, 6.07) is 0. The first-order valence-corrected chi connectivity index (χ1v) is 10.7. The fraction of sp³-hybridized carbons (Fsp3) is 0.944. The molecule has 0 aromatic rings. The van der Waals surface area contributed by atoms with Gasteiger partial charge in [-0.2, -0.15) is 13.0 Å². The molecule has 6 aliphatic rings. The number of rotatable bonds is 2. The van der Waals surface area contributed by atoms with E-state index in [-0.39, 0.29) is 25.0 Å². The van der Waals surface area contributed by atoms with E-state index in [1.165, 1.54) is 0 Å². The summed E-state index contributed by atoms with van der Waals surface area (Å²) in [4.78, 5) is 11.9. The van der Waals surface area contributed by atoms with Gasteiger partial charge >= 0.3 is 23.3 Å². The maximum atomic E-state index is 13.4. The largest absolute Gasteiger partial charge is 0.455 e. The minimum absolute atomic E-state index is 0.00561. The molecule has 6 rings (SSSR count). The van der Waals surface area contributed by atoms with Crippen LogP contribution in [0.2, 0.25) is 0 Å². The average molecular weight is 422 g/mol. The van der Waals surface area contributed by atoms with Crippen LogP contribution < -0.4 is 0 Å². The van der Waals surface area contributed by atoms with Crippen LogP contribution in [0, 0.1) is 23.2 Å². The van der Waals surface area contributed by atoms with Gasteiger partial charge in [-0.3, -0.25) is 8.37 Å². The van der Waals surface area contributed by atoms with Crippen molar-refractivity contribution in [1.29, 1.82) is 0 Å². The normalized spacial score (nSPS) is 50.2. The van der Waals surface area contributed by atoms with Crippen molar-refractivity contribution in [1.82, 2.24) is 0 Å². The maximum Gasteiger partial charge on any atom is 0.377 e. The zero-order chi connectivity index (χ0) is 19.8. The van der Waals surface area contributed by atoms with Crippen molar-refractivity contribution in [2.45, 2.75) is 56.3 Å². The molecule has 2 aliphatic heterocycles. The van der Waals surface area contributed by atoms with Crippen molar-refractivity contribution >= 4 is 17.3 Å². The Morgan fingerprint density at radius 3 is 2.14 bits per heavy atom. The van der Waals surface area contributed by atoms with Gasteiger partial charge in [0.1, 0.15) is 5.60 Å². The third kappa shape index (κ3) is 2.94. The Morgan fingerprint density at radius 2 is 1.61 bits per heavy atom. The summed E-state index contributed by atoms with van der Waals surface area (Å²) in [5.41, 5.74) is -1.32. The van der Waals surface area contributed by atoms with Crippen molar-refractivity contribution in [2.24, 2.45) is 23.2 Å². The average Bonchev–Trinajstić information content (AvgIpc) is 2.62. The second-order valence-corrected chi connectivity index (χ2v) is 10.2. The highest BCUT2D eigenvalue weighted by molar-refractivity contribution is 7.75. The number of carbonyl (C=O) groups excluding carboxylic acids is 1. The molecule has 2 heterocycles. The highest BCUT2D eigenvalue weighted by Crippen LogP contribution is 2.64. The summed E-state index contributed by atoms with van der Waals surface area (Å²) < 4.78 is 66.4. The SMILES string of the molecule is CC(F)(F)C(=O)OC12CC3CC(C1)C1(OCC4(COS(=O)OC4)CO1)C(C3)C2. The Labute approximate surface area is 164 Å². The van der Waals surface area contributed by atoms with E-state index in [0.29, 0.717) is 45.3 Å². The third-order valence-electron chi connectivity index (χ3n) is 7.07. The number of hydrogen-bond donors (Lipinski definition) is 0. The first-order valence-electron chi connectivity index (χ1n) is 9.71. The fourth-order valence-electron chi connectivity index (χ4n) is 5.94. The molecular weight excluding hydrogens is 398 g/mol. The Balaban J connectivity index is 1.32. The van der Waals surface area contributed by atoms with E-state index in [9.17, 15) is 17.8 Å². The Bertz CT molecular complexity index is 671. The van der Waals surface area contributed by atoms with E-state index in [1.807, 2.05) is 0 Å². The fourth-order valence-corrected chi connectivity index (χ4v) is 6.70. The van der Waals surface area contributed by atoms with Gasteiger partial charge in [0.05, 0.1) is 31.8 Å². The van der Waals surface area contributed by atoms with Crippen LogP contribution in [-0.4, -0.2) is 53.9 Å². The molecule has 2 atom stereocenters. The first-order chi connectivity index (χ1) is 13.1. The molecule has 4 saturated carbocycles. The number of esters is 1. The van der Waals surface area contributed by atoms with E-state index in [1.54, 1.807) is 0 Å². The van der Waals surface area contributed by atoms with Crippen LogP contribution in [0.3, 0.4) is 0 Å². The molecule has 4 aliphatic carbocycles. The van der Waals surface area contributed by atoms with E-state index in [4.69, 9.17) is 22.6 Å². The third-order valence-corrected chi connectivity index (χ3v) is 7.69. The standard InChI is InChI=1S/C18H24F2O7S/c1-15(19,20)14(21)27-17-4-11-2-12(5-17)18(13(3-11)6-17)23-7-16(8-24-18)9-25-28(22)26-10-16/h11-13H,2-10H2,1H3. The zero-order valence-electron chi connectivity index (χ0n) is 15.6. The Kier molecular flexibility index (Phi) is 4.25. The summed E-state index contributed by atoms with van der Waals surface area (Å²) in [6.45, 7) is 1.77. The molecule has 158 valence electrons. The highest BCUT2D eigenvalue weighted by atomic mass is 32.2. The lowest BCUT2D eigenvalue weighted by Gasteiger charge is -2.65. The van der Waals surface area contributed by atoms with Gasteiger partial charge in [0.15, 0.2) is 5.79 Å². The van der Waals surface area contributed by atoms with E-state index >= 15 is 0 Å². The van der Waals surface area contributed by atoms with Crippen molar-refractivity contribution in [2.75, 3.05) is 26.4 Å². The topological polar surface area (TPSA) is 80.3 Å². The summed E-state index contributed by atoms with van der Waals surface area (Å²) in [5.74, 6) is -5.40. The lowest BCUT2D eigenvalue weighted by Crippen LogP contribution is -2.70. The van der Waals surface area contributed by atoms with Crippen molar-refractivity contribution < 1.29 is 40.4 Å². The summed E-state index contributed by atoms with van der Waals surface area (Å²) >= 11 is -1.72. The molecule has 4 bridgehead atoms. The second-order valence-electron chi connectivity index (χ2n) is 9.33. The van der Waals surface area contributed by atoms with Crippen LogP contribution in [0.15, 0.2) is 0 Å². The van der Waals surface area contributed by atoms with Gasteiger partial charge in [0, 0.05) is 18.8 Å². The monoisotopic (exact) mass is 422 g/mol. The van der Waals surface area contributed by atoms with Gasteiger partial charge in [-0.1, -0.05) is 0 Å². The van der Waals surface area contributed by atoms with Crippen molar-refractivity contribution in [3.63, 3.8) is 0 Å². The number of carbonyl (C=O) groups is 1. The summed E-state index contributed by atoms with van der Waals surface area (Å²) in [7, 11) is 0. The minimum Gasteiger partial charge on any atom is -0.455 e. The molecule has 7 nitrogen and oxygen atoms in total. The van der Waals surface area contributed by atoms with Crippen LogP contribution in [0.4, 0.5) is 8.78 Å². The molecule has 28 heavy (non-hydrogen) atoms. The molecular formula is C18H24F2O7S. The second kappa shape index (κ2) is 6.16. The molecule has 6 fully saturated rings. The Hall–Kier alpha value is -0.680. The number of halogens is 2. The van der Waals surface area contributed by atoms with E-state index in [0.717, 1.165) is 12.8 Å². The summed E-state index contributed by atoms with van der Waals surface area (Å²) in [5, 5.41) is 0. The molecule has 0 aromatic carbocycles. The lowest BCUT2D eigenvalue weighted by molar-refractivity contribution is -0.397. The quantitative estimate of drug-likeness (QED) is 0.631. The van der Waals surface area contributed by atoms with Crippen molar-refractivity contribution in [3.05, 3.63) is 0 Å². The molecule has 0 amide bonds. The van der Waals surface area contributed by atoms with Crippen molar-refractivity contribution in [3.8, 4) is 0 Å². The van der Waals surface area contributed by atoms with Crippen LogP contribution >= 0.6 is 0 Å². The van der Waals surface area contributed by atoms with Gasteiger partial charge in [0.2, 0.25) is 0 Å². The maximum absolute atomic E-state index is 13.4. The zero-order valence-corrected chi connectivity index (χ0v) is 16.4. The van der Waals surface area contributed by atoms with E-state index < -0.39 is 40.1 Å². The number of ether oxygens (including phenoxy) is 3. The molecule has 2 unspecified atom stereocenters. The van der Waals surface area contributed by atoms with Crippen LogP contribution in [0.1, 0.15) is 39.0 Å². The van der Waals surface area contributed by atoms with Gasteiger partial charge in [0.25, 0.3) is 0 Å². The molecule has 2 saturated heterocycles. The van der Waals surface area contributed by atoms with Gasteiger partial charge in [-0.25, -0.2) is 4.79 Å². The smallest absolute Gasteiger partial charge is 0.377 e. The van der Waals surface area contributed by atoms with Crippen LogP contribution in [0.5, 0.6) is 0 Å². The lowest BCUT2D eigenvalue weighted by atomic mass is 9.51.